The average molecular weight is 248 g/mol. The molecular formula is C12H12N2O2S. The summed E-state index contributed by atoms with van der Waals surface area (Å²) in [5.74, 6) is -1.01. The number of anilines is 1. The summed E-state index contributed by atoms with van der Waals surface area (Å²) in [4.78, 5) is 14.5. The van der Waals surface area contributed by atoms with E-state index in [1.54, 1.807) is 17.4 Å². The number of aromatic nitrogens is 1. The fourth-order valence-corrected chi connectivity index (χ4v) is 2.25. The van der Waals surface area contributed by atoms with Gasteiger partial charge in [0.25, 0.3) is 0 Å². The summed E-state index contributed by atoms with van der Waals surface area (Å²) in [6.45, 7) is 2.79. The Morgan fingerprint density at radius 1 is 1.47 bits per heavy atom. The summed E-state index contributed by atoms with van der Waals surface area (Å²) in [6.07, 6.45) is 1.53. The van der Waals surface area contributed by atoms with E-state index in [4.69, 9.17) is 5.11 Å². The maximum absolute atomic E-state index is 10.6. The molecule has 2 aromatic heterocycles. The summed E-state index contributed by atoms with van der Waals surface area (Å²) in [5.41, 5.74) is 3.39. The zero-order valence-electron chi connectivity index (χ0n) is 9.30. The van der Waals surface area contributed by atoms with E-state index >= 15 is 0 Å². The molecule has 0 spiro atoms. The van der Waals surface area contributed by atoms with Gasteiger partial charge in [-0.3, -0.25) is 0 Å². The van der Waals surface area contributed by atoms with Gasteiger partial charge in [-0.05, 0) is 40.9 Å². The van der Waals surface area contributed by atoms with Gasteiger partial charge >= 0.3 is 5.97 Å². The van der Waals surface area contributed by atoms with Crippen molar-refractivity contribution in [2.45, 2.75) is 13.5 Å². The Balaban J connectivity index is 2.00. The lowest BCUT2D eigenvalue weighted by Crippen LogP contribution is -2.03. The number of carboxylic acid groups (broad SMARTS) is 1. The molecule has 88 valence electrons. The SMILES string of the molecule is Cc1cscc1CNc1ccc(C(=O)O)nc1. The van der Waals surface area contributed by atoms with E-state index in [0.717, 1.165) is 12.2 Å². The highest BCUT2D eigenvalue weighted by Gasteiger charge is 2.04. The Morgan fingerprint density at radius 3 is 2.82 bits per heavy atom. The molecule has 0 saturated heterocycles. The van der Waals surface area contributed by atoms with Crippen LogP contribution in [0.15, 0.2) is 29.1 Å². The second kappa shape index (κ2) is 4.97. The van der Waals surface area contributed by atoms with Crippen molar-refractivity contribution >= 4 is 23.0 Å². The van der Waals surface area contributed by atoms with Crippen molar-refractivity contribution in [2.75, 3.05) is 5.32 Å². The van der Waals surface area contributed by atoms with E-state index < -0.39 is 5.97 Å². The zero-order chi connectivity index (χ0) is 12.3. The van der Waals surface area contributed by atoms with Crippen LogP contribution in [0.25, 0.3) is 0 Å². The van der Waals surface area contributed by atoms with E-state index in [9.17, 15) is 4.79 Å². The first-order valence-electron chi connectivity index (χ1n) is 5.11. The quantitative estimate of drug-likeness (QED) is 0.873. The molecule has 2 heterocycles. The van der Waals surface area contributed by atoms with Crippen molar-refractivity contribution in [3.8, 4) is 0 Å². The number of rotatable bonds is 4. The Hall–Kier alpha value is -1.88. The van der Waals surface area contributed by atoms with Gasteiger partial charge in [0.2, 0.25) is 0 Å². The Bertz CT molecular complexity index is 520. The molecule has 0 aliphatic rings. The number of hydrogen-bond donors (Lipinski definition) is 2. The molecule has 17 heavy (non-hydrogen) atoms. The van der Waals surface area contributed by atoms with E-state index in [-0.39, 0.29) is 5.69 Å². The molecule has 0 saturated carbocycles. The smallest absolute Gasteiger partial charge is 0.354 e. The average Bonchev–Trinajstić information content (AvgIpc) is 2.73. The van der Waals surface area contributed by atoms with Gasteiger partial charge in [-0.1, -0.05) is 0 Å². The summed E-state index contributed by atoms with van der Waals surface area (Å²) in [7, 11) is 0. The van der Waals surface area contributed by atoms with Crippen molar-refractivity contribution < 1.29 is 9.90 Å². The second-order valence-electron chi connectivity index (χ2n) is 3.67. The predicted molar refractivity (Wildman–Crippen MR) is 67.6 cm³/mol. The number of thiophene rings is 1. The van der Waals surface area contributed by atoms with Crippen LogP contribution in [-0.4, -0.2) is 16.1 Å². The fourth-order valence-electron chi connectivity index (χ4n) is 1.39. The Morgan fingerprint density at radius 2 is 2.29 bits per heavy atom. The summed E-state index contributed by atoms with van der Waals surface area (Å²) >= 11 is 1.67. The molecule has 2 aromatic rings. The molecule has 0 fully saturated rings. The largest absolute Gasteiger partial charge is 0.477 e. The zero-order valence-corrected chi connectivity index (χ0v) is 10.1. The third-order valence-corrected chi connectivity index (χ3v) is 3.34. The van der Waals surface area contributed by atoms with Gasteiger partial charge < -0.3 is 10.4 Å². The molecule has 2 rings (SSSR count). The van der Waals surface area contributed by atoms with Gasteiger partial charge in [0.05, 0.1) is 11.9 Å². The maximum Gasteiger partial charge on any atom is 0.354 e. The lowest BCUT2D eigenvalue weighted by Gasteiger charge is -2.05. The van der Waals surface area contributed by atoms with Crippen LogP contribution in [-0.2, 0) is 6.54 Å². The van der Waals surface area contributed by atoms with Crippen LogP contribution < -0.4 is 5.32 Å². The van der Waals surface area contributed by atoms with Crippen LogP contribution in [0.1, 0.15) is 21.6 Å². The van der Waals surface area contributed by atoms with Crippen LogP contribution >= 0.6 is 11.3 Å². The summed E-state index contributed by atoms with van der Waals surface area (Å²) < 4.78 is 0. The standard InChI is InChI=1S/C12H12N2O2S/c1-8-6-17-7-9(8)4-13-10-2-3-11(12(15)16)14-5-10/h2-3,5-7,13H,4H2,1H3,(H,15,16). The highest BCUT2D eigenvalue weighted by molar-refractivity contribution is 7.08. The van der Waals surface area contributed by atoms with Gasteiger partial charge in [-0.2, -0.15) is 11.3 Å². The number of aromatic carboxylic acids is 1. The van der Waals surface area contributed by atoms with Gasteiger partial charge in [0.15, 0.2) is 0 Å². The fraction of sp³-hybridized carbons (Fsp3) is 0.167. The lowest BCUT2D eigenvalue weighted by atomic mass is 10.2. The van der Waals surface area contributed by atoms with Gasteiger partial charge in [-0.15, -0.1) is 0 Å². The first-order chi connectivity index (χ1) is 8.16. The van der Waals surface area contributed by atoms with Crippen LogP contribution in [0, 0.1) is 6.92 Å². The minimum absolute atomic E-state index is 0.0577. The predicted octanol–water partition coefficient (Wildman–Crippen LogP) is 2.76. The number of pyridine rings is 1. The van der Waals surface area contributed by atoms with E-state index in [0.29, 0.717) is 0 Å². The molecule has 4 nitrogen and oxygen atoms in total. The number of nitrogens with one attached hydrogen (secondary N) is 1. The molecule has 0 unspecified atom stereocenters. The first-order valence-corrected chi connectivity index (χ1v) is 6.06. The molecule has 5 heteroatoms. The molecular weight excluding hydrogens is 236 g/mol. The Kier molecular flexibility index (Phi) is 3.39. The first kappa shape index (κ1) is 11.6. The minimum atomic E-state index is -1.01. The molecule has 0 aliphatic heterocycles. The second-order valence-corrected chi connectivity index (χ2v) is 4.41. The lowest BCUT2D eigenvalue weighted by molar-refractivity contribution is 0.0690. The molecule has 0 amide bonds. The van der Waals surface area contributed by atoms with Gasteiger partial charge in [0, 0.05) is 6.54 Å². The normalized spacial score (nSPS) is 10.2. The third-order valence-electron chi connectivity index (χ3n) is 2.43. The minimum Gasteiger partial charge on any atom is -0.477 e. The van der Waals surface area contributed by atoms with Crippen molar-refractivity contribution in [3.05, 3.63) is 45.9 Å². The molecule has 0 atom stereocenters. The van der Waals surface area contributed by atoms with Crippen LogP contribution in [0.3, 0.4) is 0 Å². The number of aryl methyl sites for hydroxylation is 1. The maximum atomic E-state index is 10.6. The van der Waals surface area contributed by atoms with Crippen LogP contribution in [0.2, 0.25) is 0 Å². The van der Waals surface area contributed by atoms with Crippen molar-refractivity contribution in [2.24, 2.45) is 0 Å². The molecule has 2 N–H and O–H groups in total. The van der Waals surface area contributed by atoms with Gasteiger partial charge in [0.1, 0.15) is 5.69 Å². The van der Waals surface area contributed by atoms with Crippen molar-refractivity contribution in [3.63, 3.8) is 0 Å². The number of hydrogen-bond acceptors (Lipinski definition) is 4. The number of carboxylic acids is 1. The molecule has 0 radical (unpaired) electrons. The van der Waals surface area contributed by atoms with E-state index in [1.807, 2.05) is 0 Å². The molecule has 0 aromatic carbocycles. The number of carbonyl (C=O) groups is 1. The van der Waals surface area contributed by atoms with Crippen molar-refractivity contribution in [1.29, 1.82) is 0 Å². The van der Waals surface area contributed by atoms with Crippen molar-refractivity contribution in [1.82, 2.24) is 4.98 Å². The van der Waals surface area contributed by atoms with Crippen LogP contribution in [0.4, 0.5) is 5.69 Å². The van der Waals surface area contributed by atoms with E-state index in [2.05, 4.69) is 28.0 Å². The highest BCUT2D eigenvalue weighted by Crippen LogP contribution is 2.15. The monoisotopic (exact) mass is 248 g/mol. The highest BCUT2D eigenvalue weighted by atomic mass is 32.1. The Labute approximate surface area is 103 Å². The summed E-state index contributed by atoms with van der Waals surface area (Å²) in [6, 6.07) is 3.21. The number of nitrogens with zero attached hydrogens (tertiary/aromatic N) is 1. The molecule has 0 bridgehead atoms. The van der Waals surface area contributed by atoms with Gasteiger partial charge in [-0.25, -0.2) is 9.78 Å². The molecule has 0 aliphatic carbocycles. The topological polar surface area (TPSA) is 62.2 Å². The van der Waals surface area contributed by atoms with Crippen LogP contribution in [0.5, 0.6) is 0 Å². The summed E-state index contributed by atoms with van der Waals surface area (Å²) in [5, 5.41) is 16.1. The third kappa shape index (κ3) is 2.82. The van der Waals surface area contributed by atoms with E-state index in [1.165, 1.54) is 23.4 Å².